The summed E-state index contributed by atoms with van der Waals surface area (Å²) in [6.45, 7) is 10.4. The molecule has 0 radical (unpaired) electrons. The summed E-state index contributed by atoms with van der Waals surface area (Å²) in [5.41, 5.74) is 1.46. The average molecular weight is 443 g/mol. The van der Waals surface area contributed by atoms with Crippen LogP contribution in [0, 0.1) is 18.8 Å². The lowest BCUT2D eigenvalue weighted by molar-refractivity contribution is 0.0504. The van der Waals surface area contributed by atoms with Crippen LogP contribution in [-0.2, 0) is 13.1 Å². The number of benzene rings is 1. The van der Waals surface area contributed by atoms with Gasteiger partial charge in [-0.15, -0.1) is 11.3 Å². The van der Waals surface area contributed by atoms with Gasteiger partial charge < -0.3 is 14.9 Å². The first-order valence-corrected chi connectivity index (χ1v) is 11.6. The van der Waals surface area contributed by atoms with Crippen molar-refractivity contribution >= 4 is 11.3 Å². The molecule has 0 bridgehead atoms. The third-order valence-corrected chi connectivity index (χ3v) is 6.51. The SMILES string of the molecule is COc1ccc(CN2CCN(Cc3ccc(C#CC(C)(C)O)s3)C[C@@H]2CCO)cc1C. The van der Waals surface area contributed by atoms with Gasteiger partial charge >= 0.3 is 0 Å². The van der Waals surface area contributed by atoms with Crippen LogP contribution in [0.1, 0.15) is 41.1 Å². The van der Waals surface area contributed by atoms with E-state index >= 15 is 0 Å². The number of hydrogen-bond donors (Lipinski definition) is 2. The van der Waals surface area contributed by atoms with E-state index in [9.17, 15) is 10.2 Å². The van der Waals surface area contributed by atoms with Gasteiger partial charge in [0.15, 0.2) is 0 Å². The maximum Gasteiger partial charge on any atom is 0.121 e. The van der Waals surface area contributed by atoms with Crippen molar-refractivity contribution in [2.45, 2.75) is 51.9 Å². The zero-order valence-electron chi connectivity index (χ0n) is 19.0. The monoisotopic (exact) mass is 442 g/mol. The number of piperazine rings is 1. The molecule has 168 valence electrons. The molecule has 1 saturated heterocycles. The van der Waals surface area contributed by atoms with E-state index in [2.05, 4.69) is 46.8 Å². The Kier molecular flexibility index (Phi) is 8.15. The van der Waals surface area contributed by atoms with E-state index in [1.165, 1.54) is 10.4 Å². The highest BCUT2D eigenvalue weighted by atomic mass is 32.1. The van der Waals surface area contributed by atoms with Crippen LogP contribution < -0.4 is 4.74 Å². The second kappa shape index (κ2) is 10.6. The van der Waals surface area contributed by atoms with Crippen LogP contribution in [0.5, 0.6) is 5.75 Å². The molecule has 2 N–H and O–H groups in total. The van der Waals surface area contributed by atoms with Crippen molar-refractivity contribution in [2.24, 2.45) is 0 Å². The van der Waals surface area contributed by atoms with Gasteiger partial charge in [0.2, 0.25) is 0 Å². The minimum absolute atomic E-state index is 0.201. The Labute approximate surface area is 190 Å². The molecular weight excluding hydrogens is 408 g/mol. The topological polar surface area (TPSA) is 56.2 Å². The molecular formula is C25H34N2O3S. The number of thiophene rings is 1. The van der Waals surface area contributed by atoms with Crippen molar-refractivity contribution < 1.29 is 14.9 Å². The van der Waals surface area contributed by atoms with Crippen LogP contribution in [0.25, 0.3) is 0 Å². The number of methoxy groups -OCH3 is 1. The summed E-state index contributed by atoms with van der Waals surface area (Å²) >= 11 is 1.69. The highest BCUT2D eigenvalue weighted by molar-refractivity contribution is 7.12. The summed E-state index contributed by atoms with van der Waals surface area (Å²) in [5.74, 6) is 6.87. The van der Waals surface area contributed by atoms with Crippen LogP contribution in [0.3, 0.4) is 0 Å². The van der Waals surface area contributed by atoms with Crippen molar-refractivity contribution in [1.82, 2.24) is 9.80 Å². The van der Waals surface area contributed by atoms with E-state index in [1.54, 1.807) is 32.3 Å². The summed E-state index contributed by atoms with van der Waals surface area (Å²) in [6.07, 6.45) is 0.776. The molecule has 1 atom stereocenters. The molecule has 0 aliphatic carbocycles. The second-order valence-electron chi connectivity index (χ2n) is 8.75. The fourth-order valence-electron chi connectivity index (χ4n) is 3.97. The van der Waals surface area contributed by atoms with Gasteiger partial charge in [0, 0.05) is 50.2 Å². The largest absolute Gasteiger partial charge is 0.496 e. The van der Waals surface area contributed by atoms with Crippen molar-refractivity contribution in [2.75, 3.05) is 33.4 Å². The normalized spacial score (nSPS) is 17.9. The van der Waals surface area contributed by atoms with Gasteiger partial charge in [-0.05, 0) is 56.5 Å². The molecule has 1 aromatic carbocycles. The Morgan fingerprint density at radius 2 is 2.00 bits per heavy atom. The maximum atomic E-state index is 9.79. The van der Waals surface area contributed by atoms with E-state index in [4.69, 9.17) is 4.74 Å². The standard InChI is InChI=1S/C25H34N2O3S/c1-19-15-20(5-8-24(19)30-4)16-27-13-12-26(17-21(27)10-14-28)18-23-7-6-22(31-23)9-11-25(2,3)29/h5-8,15,21,28-29H,10,12-14,16-18H2,1-4H3/t21-/m0/s1. The Balaban J connectivity index is 1.61. The average Bonchev–Trinajstić information content (AvgIpc) is 3.16. The van der Waals surface area contributed by atoms with Crippen molar-refractivity contribution in [3.05, 3.63) is 51.2 Å². The van der Waals surface area contributed by atoms with Gasteiger partial charge in [-0.3, -0.25) is 9.80 Å². The number of rotatable bonds is 7. The third-order valence-electron chi connectivity index (χ3n) is 5.53. The zero-order chi connectivity index (χ0) is 22.4. The Morgan fingerprint density at radius 3 is 2.68 bits per heavy atom. The minimum Gasteiger partial charge on any atom is -0.496 e. The van der Waals surface area contributed by atoms with E-state index in [-0.39, 0.29) is 6.61 Å². The van der Waals surface area contributed by atoms with Gasteiger partial charge in [-0.25, -0.2) is 0 Å². The second-order valence-corrected chi connectivity index (χ2v) is 9.92. The summed E-state index contributed by atoms with van der Waals surface area (Å²) in [4.78, 5) is 7.22. The van der Waals surface area contributed by atoms with Gasteiger partial charge in [-0.2, -0.15) is 0 Å². The highest BCUT2D eigenvalue weighted by Gasteiger charge is 2.27. The summed E-state index contributed by atoms with van der Waals surface area (Å²) in [5, 5.41) is 19.4. The number of hydrogen-bond acceptors (Lipinski definition) is 6. The number of nitrogens with zero attached hydrogens (tertiary/aromatic N) is 2. The Bertz CT molecular complexity index is 923. The molecule has 1 aromatic heterocycles. The van der Waals surface area contributed by atoms with Crippen LogP contribution in [0.15, 0.2) is 30.3 Å². The van der Waals surface area contributed by atoms with Gasteiger partial charge in [0.25, 0.3) is 0 Å². The minimum atomic E-state index is -0.972. The predicted molar refractivity (Wildman–Crippen MR) is 126 cm³/mol. The quantitative estimate of drug-likeness (QED) is 0.645. The first-order valence-electron chi connectivity index (χ1n) is 10.8. The molecule has 31 heavy (non-hydrogen) atoms. The maximum absolute atomic E-state index is 9.79. The van der Waals surface area contributed by atoms with Crippen molar-refractivity contribution in [3.8, 4) is 17.6 Å². The van der Waals surface area contributed by atoms with Crippen molar-refractivity contribution in [3.63, 3.8) is 0 Å². The molecule has 0 saturated carbocycles. The molecule has 0 unspecified atom stereocenters. The molecule has 2 heterocycles. The first-order chi connectivity index (χ1) is 14.8. The Hall–Kier alpha value is -1.88. The molecule has 2 aromatic rings. The van der Waals surface area contributed by atoms with Crippen LogP contribution in [-0.4, -0.2) is 65.0 Å². The third kappa shape index (κ3) is 7.06. The van der Waals surface area contributed by atoms with Crippen LogP contribution in [0.4, 0.5) is 0 Å². The van der Waals surface area contributed by atoms with E-state index in [1.807, 2.05) is 12.1 Å². The smallest absolute Gasteiger partial charge is 0.121 e. The summed E-state index contributed by atoms with van der Waals surface area (Å²) in [7, 11) is 1.70. The predicted octanol–water partition coefficient (Wildman–Crippen LogP) is 3.26. The highest BCUT2D eigenvalue weighted by Crippen LogP contribution is 2.24. The molecule has 6 heteroatoms. The lowest BCUT2D eigenvalue weighted by atomic mass is 10.1. The lowest BCUT2D eigenvalue weighted by Crippen LogP contribution is -2.52. The number of aryl methyl sites for hydroxylation is 1. The number of ether oxygens (including phenoxy) is 1. The molecule has 0 amide bonds. The van der Waals surface area contributed by atoms with Gasteiger partial charge in [0.05, 0.1) is 12.0 Å². The van der Waals surface area contributed by atoms with Crippen molar-refractivity contribution in [1.29, 1.82) is 0 Å². The fraction of sp³-hybridized carbons (Fsp3) is 0.520. The Morgan fingerprint density at radius 1 is 1.19 bits per heavy atom. The molecule has 3 rings (SSSR count). The van der Waals surface area contributed by atoms with E-state index in [0.717, 1.165) is 55.3 Å². The first kappa shape index (κ1) is 23.8. The molecule has 0 spiro atoms. The summed E-state index contributed by atoms with van der Waals surface area (Å²) in [6, 6.07) is 10.9. The van der Waals surface area contributed by atoms with E-state index < -0.39 is 5.60 Å². The number of aliphatic hydroxyl groups excluding tert-OH is 1. The van der Waals surface area contributed by atoms with E-state index in [0.29, 0.717) is 6.04 Å². The van der Waals surface area contributed by atoms with Crippen LogP contribution >= 0.6 is 11.3 Å². The number of aliphatic hydroxyl groups is 2. The zero-order valence-corrected chi connectivity index (χ0v) is 19.8. The summed E-state index contributed by atoms with van der Waals surface area (Å²) < 4.78 is 5.38. The molecule has 1 fully saturated rings. The lowest BCUT2D eigenvalue weighted by Gasteiger charge is -2.41. The van der Waals surface area contributed by atoms with Crippen LogP contribution in [0.2, 0.25) is 0 Å². The van der Waals surface area contributed by atoms with Gasteiger partial charge in [0.1, 0.15) is 11.4 Å². The molecule has 1 aliphatic rings. The van der Waals surface area contributed by atoms with Gasteiger partial charge in [-0.1, -0.05) is 24.0 Å². The fourth-order valence-corrected chi connectivity index (χ4v) is 4.87. The molecule has 1 aliphatic heterocycles. The molecule has 5 nitrogen and oxygen atoms in total.